The normalized spacial score (nSPS) is 10.7. The van der Waals surface area contributed by atoms with E-state index in [4.69, 9.17) is 44.3 Å². The summed E-state index contributed by atoms with van der Waals surface area (Å²) in [6.07, 6.45) is 1.56. The second-order valence-corrected chi connectivity index (χ2v) is 7.34. The summed E-state index contributed by atoms with van der Waals surface area (Å²) in [5, 5.41) is 9.13. The molecule has 1 heterocycles. The Labute approximate surface area is 174 Å². The maximum absolute atomic E-state index is 12.2. The van der Waals surface area contributed by atoms with Gasteiger partial charge in [-0.25, -0.2) is 0 Å². The first-order valence-electron chi connectivity index (χ1n) is 7.50. The number of hydrogen-bond acceptors (Lipinski definition) is 6. The van der Waals surface area contributed by atoms with E-state index in [2.05, 4.69) is 10.2 Å². The van der Waals surface area contributed by atoms with Crippen molar-refractivity contribution in [2.75, 3.05) is 12.9 Å². The fraction of sp³-hybridized carbons (Fsp3) is 0.118. The Kier molecular flexibility index (Phi) is 6.49. The molecule has 0 unspecified atom stereocenters. The van der Waals surface area contributed by atoms with Crippen LogP contribution in [0.2, 0.25) is 15.1 Å². The van der Waals surface area contributed by atoms with Gasteiger partial charge in [0, 0.05) is 10.7 Å². The number of carbonyl (C=O) groups is 1. The van der Waals surface area contributed by atoms with Crippen molar-refractivity contribution >= 4 is 52.5 Å². The number of methoxy groups -OCH3 is 1. The second-order valence-electron chi connectivity index (χ2n) is 5.14. The first-order chi connectivity index (χ1) is 13.0. The lowest BCUT2D eigenvalue weighted by molar-refractivity contribution is -0.131. The minimum absolute atomic E-state index is 0.00979. The zero-order valence-electron chi connectivity index (χ0n) is 13.9. The number of hydrogen-bond donors (Lipinski definition) is 0. The molecule has 2 aromatic carbocycles. The largest absolute Gasteiger partial charge is 0.497 e. The molecule has 6 nitrogen and oxygen atoms in total. The van der Waals surface area contributed by atoms with Crippen molar-refractivity contribution in [2.24, 2.45) is 0 Å². The molecule has 10 heteroatoms. The fourth-order valence-electron chi connectivity index (χ4n) is 2.14. The highest BCUT2D eigenvalue weighted by atomic mass is 35.5. The number of aromatic nitrogens is 3. The second kappa shape index (κ2) is 8.84. The van der Waals surface area contributed by atoms with E-state index >= 15 is 0 Å². The molecule has 0 N–H and O–H groups in total. The van der Waals surface area contributed by atoms with Gasteiger partial charge in [0.2, 0.25) is 0 Å². The average Bonchev–Trinajstić information content (AvgIpc) is 3.11. The zero-order valence-corrected chi connectivity index (χ0v) is 16.9. The Bertz CT molecular complexity index is 941. The van der Waals surface area contributed by atoms with Gasteiger partial charge in [-0.1, -0.05) is 46.6 Å². The molecular formula is C17H12Cl3N3O3S. The first-order valence-corrected chi connectivity index (χ1v) is 9.62. The van der Waals surface area contributed by atoms with Crippen LogP contribution in [0.4, 0.5) is 0 Å². The average molecular weight is 445 g/mol. The molecule has 0 atom stereocenters. The van der Waals surface area contributed by atoms with E-state index in [9.17, 15) is 4.79 Å². The molecule has 0 radical (unpaired) electrons. The highest BCUT2D eigenvalue weighted by Crippen LogP contribution is 2.36. The lowest BCUT2D eigenvalue weighted by Gasteiger charge is -2.09. The summed E-state index contributed by atoms with van der Waals surface area (Å²) in [6, 6.07) is 10.3. The molecule has 3 aromatic rings. The maximum Gasteiger partial charge on any atom is 0.321 e. The van der Waals surface area contributed by atoms with E-state index in [-0.39, 0.29) is 21.5 Å². The molecule has 1 aromatic heterocycles. The van der Waals surface area contributed by atoms with Gasteiger partial charge in [-0.05, 0) is 36.4 Å². The number of thioether (sulfide) groups is 1. The number of esters is 1. The summed E-state index contributed by atoms with van der Waals surface area (Å²) in [5.74, 6) is 0.270. The summed E-state index contributed by atoms with van der Waals surface area (Å²) in [4.78, 5) is 12.2. The monoisotopic (exact) mass is 443 g/mol. The van der Waals surface area contributed by atoms with Crippen molar-refractivity contribution in [3.8, 4) is 17.2 Å². The summed E-state index contributed by atoms with van der Waals surface area (Å²) in [5.41, 5.74) is 0.834. The van der Waals surface area contributed by atoms with Crippen LogP contribution in [0.25, 0.3) is 5.69 Å². The van der Waals surface area contributed by atoms with Crippen LogP contribution in [-0.2, 0) is 4.79 Å². The molecule has 140 valence electrons. The molecule has 0 aliphatic carbocycles. The number of nitrogens with zero attached hydrogens (tertiary/aromatic N) is 3. The molecule has 0 saturated carbocycles. The van der Waals surface area contributed by atoms with Gasteiger partial charge in [-0.15, -0.1) is 10.2 Å². The minimum atomic E-state index is -0.532. The van der Waals surface area contributed by atoms with Crippen molar-refractivity contribution in [1.82, 2.24) is 14.8 Å². The number of carbonyl (C=O) groups excluding carboxylic acids is 1. The lowest BCUT2D eigenvalue weighted by Crippen LogP contribution is -2.12. The molecular weight excluding hydrogens is 433 g/mol. The predicted molar refractivity (Wildman–Crippen MR) is 106 cm³/mol. The van der Waals surface area contributed by atoms with Gasteiger partial charge < -0.3 is 9.47 Å². The summed E-state index contributed by atoms with van der Waals surface area (Å²) < 4.78 is 12.1. The van der Waals surface area contributed by atoms with Gasteiger partial charge in [0.1, 0.15) is 12.1 Å². The summed E-state index contributed by atoms with van der Waals surface area (Å²) >= 11 is 19.1. The van der Waals surface area contributed by atoms with Crippen LogP contribution in [0.3, 0.4) is 0 Å². The number of rotatable bonds is 6. The van der Waals surface area contributed by atoms with Crippen LogP contribution in [0, 0.1) is 0 Å². The van der Waals surface area contributed by atoms with Crippen LogP contribution < -0.4 is 9.47 Å². The molecule has 27 heavy (non-hydrogen) atoms. The maximum atomic E-state index is 12.2. The fourth-order valence-corrected chi connectivity index (χ4v) is 3.73. The van der Waals surface area contributed by atoms with Gasteiger partial charge in [0.15, 0.2) is 10.9 Å². The van der Waals surface area contributed by atoms with Crippen LogP contribution in [0.5, 0.6) is 11.5 Å². The summed E-state index contributed by atoms with van der Waals surface area (Å²) in [7, 11) is 1.60. The quantitative estimate of drug-likeness (QED) is 0.305. The van der Waals surface area contributed by atoms with E-state index in [0.29, 0.717) is 10.2 Å². The van der Waals surface area contributed by atoms with Gasteiger partial charge in [0.05, 0.1) is 22.9 Å². The Balaban J connectivity index is 1.67. The molecule has 3 rings (SSSR count). The van der Waals surface area contributed by atoms with Crippen LogP contribution in [0.1, 0.15) is 0 Å². The zero-order chi connectivity index (χ0) is 19.4. The molecule has 0 amide bonds. The Morgan fingerprint density at radius 1 is 1.15 bits per heavy atom. The predicted octanol–water partition coefficient (Wildman–Crippen LogP) is 4.93. The third kappa shape index (κ3) is 4.87. The minimum Gasteiger partial charge on any atom is -0.497 e. The number of halogens is 3. The Morgan fingerprint density at radius 3 is 2.44 bits per heavy atom. The smallest absolute Gasteiger partial charge is 0.321 e. The van der Waals surface area contributed by atoms with E-state index < -0.39 is 5.97 Å². The third-order valence-corrected chi connectivity index (χ3v) is 5.06. The van der Waals surface area contributed by atoms with Gasteiger partial charge >= 0.3 is 5.97 Å². The highest BCUT2D eigenvalue weighted by molar-refractivity contribution is 7.99. The first kappa shape index (κ1) is 19.8. The van der Waals surface area contributed by atoms with Gasteiger partial charge in [-0.2, -0.15) is 0 Å². The summed E-state index contributed by atoms with van der Waals surface area (Å²) in [6.45, 7) is 0. The molecule has 0 spiro atoms. The van der Waals surface area contributed by atoms with Gasteiger partial charge in [-0.3, -0.25) is 9.36 Å². The molecule has 0 fully saturated rings. The van der Waals surface area contributed by atoms with Crippen molar-refractivity contribution < 1.29 is 14.3 Å². The van der Waals surface area contributed by atoms with E-state index in [1.807, 2.05) is 24.3 Å². The lowest BCUT2D eigenvalue weighted by atomic mass is 10.3. The van der Waals surface area contributed by atoms with Gasteiger partial charge in [0.25, 0.3) is 0 Å². The Morgan fingerprint density at radius 2 is 1.81 bits per heavy atom. The highest BCUT2D eigenvalue weighted by Gasteiger charge is 2.16. The van der Waals surface area contributed by atoms with Crippen molar-refractivity contribution in [3.63, 3.8) is 0 Å². The van der Waals surface area contributed by atoms with Crippen molar-refractivity contribution in [1.29, 1.82) is 0 Å². The topological polar surface area (TPSA) is 66.2 Å². The third-order valence-electron chi connectivity index (χ3n) is 3.37. The molecule has 0 saturated heterocycles. The van der Waals surface area contributed by atoms with Crippen LogP contribution in [-0.4, -0.2) is 33.6 Å². The van der Waals surface area contributed by atoms with Crippen LogP contribution in [0.15, 0.2) is 47.9 Å². The molecule has 0 bridgehead atoms. The SMILES string of the molecule is COc1ccc(-n2cnnc2SCC(=O)Oc2c(Cl)cc(Cl)cc2Cl)cc1. The van der Waals surface area contributed by atoms with Crippen LogP contribution >= 0.6 is 46.6 Å². The Hall–Kier alpha value is -1.93. The van der Waals surface area contributed by atoms with Crippen molar-refractivity contribution in [3.05, 3.63) is 57.8 Å². The number of benzene rings is 2. The van der Waals surface area contributed by atoms with Crippen molar-refractivity contribution in [2.45, 2.75) is 5.16 Å². The number of ether oxygens (including phenoxy) is 2. The van der Waals surface area contributed by atoms with E-state index in [1.54, 1.807) is 18.0 Å². The standard InChI is InChI=1S/C17H12Cl3N3O3S/c1-25-12-4-2-11(3-5-12)23-9-21-22-17(23)27-8-15(24)26-16-13(19)6-10(18)7-14(16)20/h2-7,9H,8H2,1H3. The van der Waals surface area contributed by atoms with E-state index in [0.717, 1.165) is 11.4 Å². The molecule has 0 aliphatic heterocycles. The molecule has 0 aliphatic rings. The van der Waals surface area contributed by atoms with E-state index in [1.165, 1.54) is 23.9 Å².